The number of benzene rings is 2. The van der Waals surface area contributed by atoms with Crippen LogP contribution in [0, 0.1) is 0 Å². The summed E-state index contributed by atoms with van der Waals surface area (Å²) in [6.45, 7) is 2.41. The van der Waals surface area contributed by atoms with Crippen molar-refractivity contribution in [2.75, 3.05) is 25.1 Å². The molecule has 2 aromatic carbocycles. The molecule has 2 unspecified atom stereocenters. The zero-order chi connectivity index (χ0) is 14.1. The molecule has 3 nitrogen and oxygen atoms in total. The molecule has 2 aromatic rings. The van der Waals surface area contributed by atoms with Gasteiger partial charge in [0.05, 0.1) is 12.2 Å². The Labute approximate surface area is 125 Å². The summed E-state index contributed by atoms with van der Waals surface area (Å²) in [6, 6.07) is 15.5. The molecule has 0 saturated carbocycles. The average molecular weight is 283 g/mol. The number of rotatable bonds is 2. The van der Waals surface area contributed by atoms with Crippen molar-refractivity contribution in [2.45, 2.75) is 30.9 Å². The molecule has 0 amide bonds. The summed E-state index contributed by atoms with van der Waals surface area (Å²) in [5, 5.41) is 6.32. The molecule has 1 N–H and O–H groups in total. The standard InChI is InChI=1S/C18H21NO2/c1-2-6-16-14(4-1)5-3-7-17(16)19-15-8-10-21-18(12-15)9-11-20-13-18/h1-7,15,19H,8-13H2. The van der Waals surface area contributed by atoms with Crippen LogP contribution in [0.15, 0.2) is 42.5 Å². The lowest BCUT2D eigenvalue weighted by molar-refractivity contribution is -0.0828. The van der Waals surface area contributed by atoms with Gasteiger partial charge in [0.15, 0.2) is 0 Å². The molecule has 0 aromatic heterocycles. The minimum Gasteiger partial charge on any atom is -0.382 e. The normalized spacial score (nSPS) is 29.0. The first kappa shape index (κ1) is 13.1. The van der Waals surface area contributed by atoms with Gasteiger partial charge < -0.3 is 14.8 Å². The summed E-state index contributed by atoms with van der Waals surface area (Å²) in [4.78, 5) is 0. The van der Waals surface area contributed by atoms with Gasteiger partial charge in [0.2, 0.25) is 0 Å². The molecule has 3 heteroatoms. The predicted molar refractivity (Wildman–Crippen MR) is 84.7 cm³/mol. The van der Waals surface area contributed by atoms with E-state index in [1.807, 2.05) is 0 Å². The van der Waals surface area contributed by atoms with Gasteiger partial charge >= 0.3 is 0 Å². The Morgan fingerprint density at radius 2 is 1.95 bits per heavy atom. The van der Waals surface area contributed by atoms with Gasteiger partial charge in [0, 0.05) is 36.8 Å². The molecule has 2 heterocycles. The minimum atomic E-state index is -0.0412. The van der Waals surface area contributed by atoms with Crippen molar-refractivity contribution in [3.63, 3.8) is 0 Å². The number of anilines is 1. The van der Waals surface area contributed by atoms with Crippen LogP contribution in [0.4, 0.5) is 5.69 Å². The second-order valence-corrected chi connectivity index (χ2v) is 6.19. The molecular formula is C18H21NO2. The highest BCUT2D eigenvalue weighted by Crippen LogP contribution is 2.35. The number of nitrogens with one attached hydrogen (secondary N) is 1. The monoisotopic (exact) mass is 283 g/mol. The first-order valence-corrected chi connectivity index (χ1v) is 7.81. The first-order chi connectivity index (χ1) is 10.3. The van der Waals surface area contributed by atoms with E-state index in [1.54, 1.807) is 0 Å². The fourth-order valence-corrected chi connectivity index (χ4v) is 3.59. The Balaban J connectivity index is 1.57. The second-order valence-electron chi connectivity index (χ2n) is 6.19. The zero-order valence-corrected chi connectivity index (χ0v) is 12.2. The number of ether oxygens (including phenoxy) is 2. The molecular weight excluding hydrogens is 262 g/mol. The van der Waals surface area contributed by atoms with Crippen LogP contribution in [0.2, 0.25) is 0 Å². The van der Waals surface area contributed by atoms with Crippen LogP contribution < -0.4 is 5.32 Å². The molecule has 2 saturated heterocycles. The van der Waals surface area contributed by atoms with Gasteiger partial charge in [-0.2, -0.15) is 0 Å². The summed E-state index contributed by atoms with van der Waals surface area (Å²) in [6.07, 6.45) is 3.13. The van der Waals surface area contributed by atoms with Crippen LogP contribution in [0.25, 0.3) is 10.8 Å². The third kappa shape index (κ3) is 2.52. The molecule has 0 radical (unpaired) electrons. The van der Waals surface area contributed by atoms with Crippen molar-refractivity contribution < 1.29 is 9.47 Å². The second kappa shape index (κ2) is 5.32. The lowest BCUT2D eigenvalue weighted by Gasteiger charge is -2.37. The van der Waals surface area contributed by atoms with Crippen LogP contribution in [0.1, 0.15) is 19.3 Å². The van der Waals surface area contributed by atoms with E-state index < -0.39 is 0 Å². The van der Waals surface area contributed by atoms with Crippen molar-refractivity contribution in [2.24, 2.45) is 0 Å². The quantitative estimate of drug-likeness (QED) is 0.913. The average Bonchev–Trinajstić information content (AvgIpc) is 2.95. The largest absolute Gasteiger partial charge is 0.382 e. The zero-order valence-electron chi connectivity index (χ0n) is 12.2. The fraction of sp³-hybridized carbons (Fsp3) is 0.444. The SMILES string of the molecule is c1ccc2c(NC3CCOC4(CCOC4)C3)cccc2c1. The Bertz CT molecular complexity index is 629. The molecule has 0 aliphatic carbocycles. The lowest BCUT2D eigenvalue weighted by atomic mass is 9.89. The number of hydrogen-bond donors (Lipinski definition) is 1. The molecule has 1 spiro atoms. The topological polar surface area (TPSA) is 30.5 Å². The van der Waals surface area contributed by atoms with E-state index in [2.05, 4.69) is 47.8 Å². The van der Waals surface area contributed by atoms with Crippen molar-refractivity contribution in [1.29, 1.82) is 0 Å². The molecule has 110 valence electrons. The van der Waals surface area contributed by atoms with Crippen LogP contribution in [0.5, 0.6) is 0 Å². The Morgan fingerprint density at radius 3 is 2.86 bits per heavy atom. The first-order valence-electron chi connectivity index (χ1n) is 7.81. The lowest BCUT2D eigenvalue weighted by Crippen LogP contribution is -2.44. The molecule has 2 fully saturated rings. The van der Waals surface area contributed by atoms with Crippen LogP contribution >= 0.6 is 0 Å². The summed E-state index contributed by atoms with van der Waals surface area (Å²) < 4.78 is 11.6. The maximum Gasteiger partial charge on any atom is 0.0956 e. The third-order valence-electron chi connectivity index (χ3n) is 4.71. The van der Waals surface area contributed by atoms with Crippen LogP contribution in [-0.4, -0.2) is 31.5 Å². The predicted octanol–water partition coefficient (Wildman–Crippen LogP) is 3.59. The van der Waals surface area contributed by atoms with Gasteiger partial charge in [-0.25, -0.2) is 0 Å². The summed E-state index contributed by atoms with van der Waals surface area (Å²) in [5.41, 5.74) is 1.19. The molecule has 2 atom stereocenters. The van der Waals surface area contributed by atoms with Gasteiger partial charge in [0.25, 0.3) is 0 Å². The summed E-state index contributed by atoms with van der Waals surface area (Å²) in [5.74, 6) is 0. The fourth-order valence-electron chi connectivity index (χ4n) is 3.59. The van der Waals surface area contributed by atoms with Crippen molar-refractivity contribution >= 4 is 16.5 Å². The maximum absolute atomic E-state index is 6.02. The van der Waals surface area contributed by atoms with Gasteiger partial charge in [-0.3, -0.25) is 0 Å². The Morgan fingerprint density at radius 1 is 1.05 bits per heavy atom. The molecule has 2 aliphatic heterocycles. The van der Waals surface area contributed by atoms with Gasteiger partial charge in [-0.1, -0.05) is 36.4 Å². The highest BCUT2D eigenvalue weighted by molar-refractivity contribution is 5.93. The molecule has 0 bridgehead atoms. The highest BCUT2D eigenvalue weighted by atomic mass is 16.6. The highest BCUT2D eigenvalue weighted by Gasteiger charge is 2.41. The van der Waals surface area contributed by atoms with E-state index in [-0.39, 0.29) is 5.60 Å². The molecule has 4 rings (SSSR count). The minimum absolute atomic E-state index is 0.0412. The van der Waals surface area contributed by atoms with E-state index in [4.69, 9.17) is 9.47 Å². The van der Waals surface area contributed by atoms with Crippen molar-refractivity contribution in [1.82, 2.24) is 0 Å². The summed E-state index contributed by atoms with van der Waals surface area (Å²) >= 11 is 0. The van der Waals surface area contributed by atoms with Crippen molar-refractivity contribution in [3.05, 3.63) is 42.5 Å². The van der Waals surface area contributed by atoms with Gasteiger partial charge in [0.1, 0.15) is 0 Å². The van der Waals surface area contributed by atoms with Crippen LogP contribution in [0.3, 0.4) is 0 Å². The van der Waals surface area contributed by atoms with E-state index >= 15 is 0 Å². The maximum atomic E-state index is 6.02. The third-order valence-corrected chi connectivity index (χ3v) is 4.71. The summed E-state index contributed by atoms with van der Waals surface area (Å²) in [7, 11) is 0. The van der Waals surface area contributed by atoms with E-state index in [9.17, 15) is 0 Å². The Kier molecular flexibility index (Phi) is 3.32. The van der Waals surface area contributed by atoms with Gasteiger partial charge in [-0.15, -0.1) is 0 Å². The molecule has 2 aliphatic rings. The van der Waals surface area contributed by atoms with E-state index in [0.29, 0.717) is 6.04 Å². The number of fused-ring (bicyclic) bond motifs is 1. The van der Waals surface area contributed by atoms with E-state index in [0.717, 1.165) is 39.1 Å². The van der Waals surface area contributed by atoms with Crippen molar-refractivity contribution in [3.8, 4) is 0 Å². The Hall–Kier alpha value is -1.58. The van der Waals surface area contributed by atoms with E-state index in [1.165, 1.54) is 16.5 Å². The van der Waals surface area contributed by atoms with Crippen LogP contribution in [-0.2, 0) is 9.47 Å². The smallest absolute Gasteiger partial charge is 0.0956 e. The molecule has 21 heavy (non-hydrogen) atoms. The van der Waals surface area contributed by atoms with Gasteiger partial charge in [-0.05, 0) is 24.3 Å². The number of hydrogen-bond acceptors (Lipinski definition) is 3.